The van der Waals surface area contributed by atoms with Gasteiger partial charge in [0.1, 0.15) is 18.2 Å². The van der Waals surface area contributed by atoms with Crippen molar-refractivity contribution < 1.29 is 23.4 Å². The van der Waals surface area contributed by atoms with Gasteiger partial charge in [-0.2, -0.15) is 0 Å². The average Bonchev–Trinajstić information content (AvgIpc) is 3.21. The Bertz CT molecular complexity index is 784. The van der Waals surface area contributed by atoms with Crippen LogP contribution >= 0.6 is 0 Å². The number of carbonyl (C=O) groups is 1. The third kappa shape index (κ3) is 3.58. The molecule has 1 saturated carbocycles. The van der Waals surface area contributed by atoms with Crippen LogP contribution in [-0.4, -0.2) is 5.97 Å². The summed E-state index contributed by atoms with van der Waals surface area (Å²) < 4.78 is 31.1. The molecule has 1 atom stereocenters. The van der Waals surface area contributed by atoms with E-state index in [0.29, 0.717) is 16.9 Å². The molecule has 0 bridgehead atoms. The molecule has 0 amide bonds. The van der Waals surface area contributed by atoms with E-state index in [0.717, 1.165) is 31.2 Å². The van der Waals surface area contributed by atoms with Gasteiger partial charge in [-0.25, -0.2) is 4.39 Å². The summed E-state index contributed by atoms with van der Waals surface area (Å²) in [5.41, 5.74) is 2.05. The monoisotopic (exact) mass is 356 g/mol. The predicted octanol–water partition coefficient (Wildman–Crippen LogP) is 4.67. The molecule has 2 aromatic rings. The minimum absolute atomic E-state index is 0.0108. The van der Waals surface area contributed by atoms with Crippen LogP contribution in [0.5, 0.6) is 5.75 Å². The zero-order valence-corrected chi connectivity index (χ0v) is 14.4. The third-order valence-electron chi connectivity index (χ3n) is 4.95. The number of benzene rings is 2. The Kier molecular flexibility index (Phi) is 4.89. The van der Waals surface area contributed by atoms with Crippen LogP contribution in [0.2, 0.25) is 0 Å². The molecule has 1 aliphatic carbocycles. The lowest BCUT2D eigenvalue weighted by atomic mass is 10.1. The first-order valence-corrected chi connectivity index (χ1v) is 9.02. The Morgan fingerprint density at radius 2 is 1.92 bits per heavy atom. The number of halogens is 1. The van der Waals surface area contributed by atoms with E-state index in [9.17, 15) is 9.18 Å². The summed E-state index contributed by atoms with van der Waals surface area (Å²) in [6.07, 6.45) is 3.32. The molecule has 26 heavy (non-hydrogen) atoms. The predicted molar refractivity (Wildman–Crippen MR) is 92.8 cm³/mol. The molecule has 5 heteroatoms. The standard InChI is InChI=1S/C21H21FO4/c22-18-10-16(12-24-20(23)14-6-4-5-7-14)19-17(11-18)13-25-21(26-19)15-8-2-1-3-9-15/h1-3,8-11,14,21H,4-7,12-13H2/t21-/m1/s1. The van der Waals surface area contributed by atoms with Crippen molar-refractivity contribution in [1.29, 1.82) is 0 Å². The lowest BCUT2D eigenvalue weighted by Crippen LogP contribution is -2.20. The van der Waals surface area contributed by atoms with Crippen molar-refractivity contribution in [2.45, 2.75) is 45.2 Å². The molecular formula is C21H21FO4. The molecule has 0 spiro atoms. The molecule has 1 aliphatic heterocycles. The Hall–Kier alpha value is -2.40. The molecule has 4 rings (SSSR count). The fraction of sp³-hybridized carbons (Fsp3) is 0.381. The highest BCUT2D eigenvalue weighted by Crippen LogP contribution is 2.37. The second-order valence-corrected chi connectivity index (χ2v) is 6.81. The van der Waals surface area contributed by atoms with Crippen LogP contribution in [0.15, 0.2) is 42.5 Å². The maximum atomic E-state index is 13.9. The van der Waals surface area contributed by atoms with Crippen LogP contribution in [0.1, 0.15) is 48.7 Å². The number of hydrogen-bond acceptors (Lipinski definition) is 4. The molecule has 2 aromatic carbocycles. The Balaban J connectivity index is 1.52. The highest BCUT2D eigenvalue weighted by Gasteiger charge is 2.27. The number of carbonyl (C=O) groups excluding carboxylic acids is 1. The van der Waals surface area contributed by atoms with E-state index in [1.54, 1.807) is 0 Å². The van der Waals surface area contributed by atoms with Crippen LogP contribution in [0.3, 0.4) is 0 Å². The Morgan fingerprint density at radius 1 is 1.15 bits per heavy atom. The molecule has 0 N–H and O–H groups in total. The van der Waals surface area contributed by atoms with Crippen molar-refractivity contribution in [2.24, 2.45) is 5.92 Å². The lowest BCUT2D eigenvalue weighted by Gasteiger charge is -2.28. The molecule has 4 nitrogen and oxygen atoms in total. The van der Waals surface area contributed by atoms with Crippen molar-refractivity contribution >= 4 is 5.97 Å². The lowest BCUT2D eigenvalue weighted by molar-refractivity contribution is -0.149. The zero-order valence-electron chi connectivity index (χ0n) is 14.4. The van der Waals surface area contributed by atoms with Gasteiger partial charge in [0.15, 0.2) is 0 Å². The summed E-state index contributed by atoms with van der Waals surface area (Å²) in [5.74, 6) is -0.0698. The van der Waals surface area contributed by atoms with Gasteiger partial charge >= 0.3 is 5.97 Å². The van der Waals surface area contributed by atoms with Gasteiger partial charge in [-0.3, -0.25) is 4.79 Å². The normalized spacial score (nSPS) is 19.7. The Labute approximate surface area is 151 Å². The number of ether oxygens (including phenoxy) is 3. The first-order valence-electron chi connectivity index (χ1n) is 9.02. The number of hydrogen-bond donors (Lipinski definition) is 0. The van der Waals surface area contributed by atoms with Gasteiger partial charge in [0.2, 0.25) is 6.29 Å². The van der Waals surface area contributed by atoms with Gasteiger partial charge in [0.05, 0.1) is 12.5 Å². The number of esters is 1. The topological polar surface area (TPSA) is 44.8 Å². The van der Waals surface area contributed by atoms with Crippen LogP contribution in [0, 0.1) is 11.7 Å². The molecule has 1 fully saturated rings. The highest BCUT2D eigenvalue weighted by molar-refractivity contribution is 5.72. The highest BCUT2D eigenvalue weighted by atomic mass is 19.1. The second-order valence-electron chi connectivity index (χ2n) is 6.81. The largest absolute Gasteiger partial charge is 0.460 e. The van der Waals surface area contributed by atoms with E-state index in [1.165, 1.54) is 12.1 Å². The van der Waals surface area contributed by atoms with E-state index >= 15 is 0 Å². The number of fused-ring (bicyclic) bond motifs is 1. The summed E-state index contributed by atoms with van der Waals surface area (Å²) in [4.78, 5) is 12.2. The van der Waals surface area contributed by atoms with E-state index in [-0.39, 0.29) is 30.9 Å². The summed E-state index contributed by atoms with van der Waals surface area (Å²) >= 11 is 0. The van der Waals surface area contributed by atoms with E-state index in [4.69, 9.17) is 14.2 Å². The van der Waals surface area contributed by atoms with Crippen LogP contribution < -0.4 is 4.74 Å². The summed E-state index contributed by atoms with van der Waals surface area (Å²) in [6.45, 7) is 0.257. The molecule has 136 valence electrons. The van der Waals surface area contributed by atoms with Gasteiger partial charge in [-0.1, -0.05) is 43.2 Å². The zero-order chi connectivity index (χ0) is 17.9. The maximum absolute atomic E-state index is 13.9. The molecule has 2 aliphatic rings. The SMILES string of the molecule is O=C(OCc1cc(F)cc2c1O[C@H](c1ccccc1)OC2)C1CCCC1. The summed E-state index contributed by atoms with van der Waals surface area (Å²) in [7, 11) is 0. The Morgan fingerprint density at radius 3 is 2.69 bits per heavy atom. The van der Waals surface area contributed by atoms with Crippen molar-refractivity contribution in [3.05, 3.63) is 65.0 Å². The van der Waals surface area contributed by atoms with Gasteiger partial charge in [0, 0.05) is 16.7 Å². The van der Waals surface area contributed by atoms with Crippen LogP contribution in [-0.2, 0) is 27.5 Å². The van der Waals surface area contributed by atoms with E-state index in [1.807, 2.05) is 30.3 Å². The third-order valence-corrected chi connectivity index (χ3v) is 4.95. The molecule has 0 saturated heterocycles. The molecular weight excluding hydrogens is 335 g/mol. The fourth-order valence-corrected chi connectivity index (χ4v) is 3.59. The van der Waals surface area contributed by atoms with Crippen molar-refractivity contribution in [2.75, 3.05) is 0 Å². The minimum Gasteiger partial charge on any atom is -0.460 e. The van der Waals surface area contributed by atoms with E-state index in [2.05, 4.69) is 0 Å². The van der Waals surface area contributed by atoms with Crippen LogP contribution in [0.4, 0.5) is 4.39 Å². The molecule has 0 aromatic heterocycles. The first-order chi connectivity index (χ1) is 12.7. The minimum atomic E-state index is -0.557. The van der Waals surface area contributed by atoms with Gasteiger partial charge in [0.25, 0.3) is 0 Å². The average molecular weight is 356 g/mol. The van der Waals surface area contributed by atoms with Crippen molar-refractivity contribution in [1.82, 2.24) is 0 Å². The second kappa shape index (κ2) is 7.46. The molecule has 1 heterocycles. The summed E-state index contributed by atoms with van der Waals surface area (Å²) in [6, 6.07) is 12.3. The van der Waals surface area contributed by atoms with Crippen molar-refractivity contribution in [3.63, 3.8) is 0 Å². The van der Waals surface area contributed by atoms with Crippen LogP contribution in [0.25, 0.3) is 0 Å². The van der Waals surface area contributed by atoms with Gasteiger partial charge in [-0.05, 0) is 25.0 Å². The fourth-order valence-electron chi connectivity index (χ4n) is 3.59. The van der Waals surface area contributed by atoms with Gasteiger partial charge in [-0.15, -0.1) is 0 Å². The first kappa shape index (κ1) is 17.0. The van der Waals surface area contributed by atoms with E-state index < -0.39 is 6.29 Å². The summed E-state index contributed by atoms with van der Waals surface area (Å²) in [5, 5.41) is 0. The smallest absolute Gasteiger partial charge is 0.309 e. The maximum Gasteiger partial charge on any atom is 0.309 e. The number of rotatable bonds is 4. The molecule has 0 radical (unpaired) electrons. The van der Waals surface area contributed by atoms with Crippen molar-refractivity contribution in [3.8, 4) is 5.75 Å². The van der Waals surface area contributed by atoms with Gasteiger partial charge < -0.3 is 14.2 Å². The quantitative estimate of drug-likeness (QED) is 0.747. The molecule has 0 unspecified atom stereocenters.